The van der Waals surface area contributed by atoms with Gasteiger partial charge < -0.3 is 14.2 Å². The number of ketones is 1. The molecular formula is C27H31ClN2O5. The third-order valence-electron chi connectivity index (χ3n) is 6.31. The second kappa shape index (κ2) is 10.8. The lowest BCUT2D eigenvalue weighted by Crippen LogP contribution is -2.13. The van der Waals surface area contributed by atoms with Crippen LogP contribution >= 0.6 is 11.6 Å². The maximum atomic E-state index is 13.1. The molecule has 0 unspecified atom stereocenters. The number of carbonyl (C=O) groups excluding carboxylic acids is 1. The lowest BCUT2D eigenvalue weighted by Gasteiger charge is -2.15. The van der Waals surface area contributed by atoms with Gasteiger partial charge in [0.25, 0.3) is 0 Å². The van der Waals surface area contributed by atoms with Crippen LogP contribution in [-0.2, 0) is 22.4 Å². The van der Waals surface area contributed by atoms with Crippen LogP contribution in [-0.4, -0.2) is 27.2 Å². The van der Waals surface area contributed by atoms with Crippen LogP contribution in [0, 0.1) is 12.8 Å². The Morgan fingerprint density at radius 2 is 1.94 bits per heavy atom. The summed E-state index contributed by atoms with van der Waals surface area (Å²) in [5.41, 5.74) is 4.23. The van der Waals surface area contributed by atoms with Crippen molar-refractivity contribution >= 4 is 23.4 Å². The molecule has 4 rings (SSSR count). The van der Waals surface area contributed by atoms with Crippen LogP contribution in [0.4, 0.5) is 0 Å². The van der Waals surface area contributed by atoms with Gasteiger partial charge in [-0.2, -0.15) is 0 Å². The summed E-state index contributed by atoms with van der Waals surface area (Å²) >= 11 is 6.34. The fourth-order valence-electron chi connectivity index (χ4n) is 4.47. The predicted molar refractivity (Wildman–Crippen MR) is 132 cm³/mol. The van der Waals surface area contributed by atoms with Crippen LogP contribution in [0.1, 0.15) is 85.9 Å². The van der Waals surface area contributed by atoms with E-state index in [9.17, 15) is 14.7 Å². The van der Waals surface area contributed by atoms with Crippen molar-refractivity contribution in [3.05, 3.63) is 57.4 Å². The second-order valence-corrected chi connectivity index (χ2v) is 10.4. The molecule has 35 heavy (non-hydrogen) atoms. The van der Waals surface area contributed by atoms with E-state index in [-0.39, 0.29) is 36.9 Å². The van der Waals surface area contributed by atoms with Crippen LogP contribution in [0.3, 0.4) is 0 Å². The van der Waals surface area contributed by atoms with Crippen molar-refractivity contribution < 1.29 is 23.7 Å². The minimum absolute atomic E-state index is 0.0173. The minimum atomic E-state index is -0.908. The van der Waals surface area contributed by atoms with Gasteiger partial charge in [-0.1, -0.05) is 47.9 Å². The molecule has 1 saturated carbocycles. The van der Waals surface area contributed by atoms with E-state index in [1.165, 1.54) is 0 Å². The largest absolute Gasteiger partial charge is 0.481 e. The number of rotatable bonds is 12. The van der Waals surface area contributed by atoms with Crippen molar-refractivity contribution in [3.63, 3.8) is 0 Å². The van der Waals surface area contributed by atoms with Crippen LogP contribution in [0.15, 0.2) is 33.3 Å². The van der Waals surface area contributed by atoms with Crippen molar-refractivity contribution in [1.29, 1.82) is 0 Å². The van der Waals surface area contributed by atoms with E-state index in [0.717, 1.165) is 41.6 Å². The third-order valence-corrected chi connectivity index (χ3v) is 6.66. The molecule has 0 amide bonds. The smallest absolute Gasteiger partial charge is 0.303 e. The lowest BCUT2D eigenvalue weighted by molar-refractivity contribution is -0.137. The summed E-state index contributed by atoms with van der Waals surface area (Å²) in [6.07, 6.45) is 3.37. The van der Waals surface area contributed by atoms with Gasteiger partial charge in [-0.05, 0) is 61.6 Å². The van der Waals surface area contributed by atoms with Gasteiger partial charge in [-0.25, -0.2) is 0 Å². The summed E-state index contributed by atoms with van der Waals surface area (Å²) in [6.45, 7) is 6.18. The zero-order valence-electron chi connectivity index (χ0n) is 20.3. The van der Waals surface area contributed by atoms with Gasteiger partial charge in [0.05, 0.1) is 11.4 Å². The van der Waals surface area contributed by atoms with Gasteiger partial charge in [0, 0.05) is 41.8 Å². The lowest BCUT2D eigenvalue weighted by atomic mass is 9.87. The van der Waals surface area contributed by atoms with Crippen LogP contribution in [0.5, 0.6) is 0 Å². The van der Waals surface area contributed by atoms with E-state index >= 15 is 0 Å². The Morgan fingerprint density at radius 1 is 1.17 bits per heavy atom. The number of hydrogen-bond acceptors (Lipinski definition) is 6. The van der Waals surface area contributed by atoms with Crippen LogP contribution in [0.25, 0.3) is 11.5 Å². The Bertz CT molecular complexity index is 1210. The highest BCUT2D eigenvalue weighted by Crippen LogP contribution is 2.49. The Labute approximate surface area is 209 Å². The fraction of sp³-hybridized carbons (Fsp3) is 0.481. The summed E-state index contributed by atoms with van der Waals surface area (Å²) < 4.78 is 11.3. The predicted octanol–water partition coefficient (Wildman–Crippen LogP) is 6.52. The maximum Gasteiger partial charge on any atom is 0.303 e. The Kier molecular flexibility index (Phi) is 7.75. The Balaban J connectivity index is 1.60. The third kappa shape index (κ3) is 6.40. The number of carbonyl (C=O) groups is 2. The highest BCUT2D eigenvalue weighted by molar-refractivity contribution is 6.31. The molecule has 8 heteroatoms. The van der Waals surface area contributed by atoms with Gasteiger partial charge in [-0.3, -0.25) is 9.59 Å². The molecule has 7 nitrogen and oxygen atoms in total. The Hall–Kier alpha value is -2.93. The summed E-state index contributed by atoms with van der Waals surface area (Å²) in [5, 5.41) is 18.4. The molecule has 0 bridgehead atoms. The van der Waals surface area contributed by atoms with Crippen molar-refractivity contribution in [2.75, 3.05) is 0 Å². The normalized spacial score (nSPS) is 14.4. The summed E-state index contributed by atoms with van der Waals surface area (Å²) in [4.78, 5) is 24.4. The number of Topliss-reactive ketones (excluding diaryl/α,β-unsaturated/α-hetero) is 1. The topological polar surface area (TPSA) is 106 Å². The molecule has 0 spiro atoms. The maximum absolute atomic E-state index is 13.1. The number of nitrogens with zero attached hydrogens (tertiary/aromatic N) is 2. The van der Waals surface area contributed by atoms with Gasteiger partial charge >= 0.3 is 5.97 Å². The average Bonchev–Trinajstić information content (AvgIpc) is 3.36. The summed E-state index contributed by atoms with van der Waals surface area (Å²) in [5.74, 6) is 0.475. The van der Waals surface area contributed by atoms with E-state index in [1.54, 1.807) is 0 Å². The summed E-state index contributed by atoms with van der Waals surface area (Å²) in [6, 6.07) is 7.51. The van der Waals surface area contributed by atoms with Crippen molar-refractivity contribution in [3.8, 4) is 11.5 Å². The number of aromatic nitrogens is 2. The molecule has 0 aliphatic heterocycles. The molecule has 1 atom stereocenters. The molecule has 2 aromatic heterocycles. The van der Waals surface area contributed by atoms with E-state index < -0.39 is 5.97 Å². The number of hydrogen-bond donors (Lipinski definition) is 1. The fourth-order valence-corrected chi connectivity index (χ4v) is 4.77. The number of halogens is 1. The number of carboxylic acids is 1. The molecule has 1 aliphatic rings. The SMILES string of the molecule is Cc1ccc(CC(=O)C[C@@H](CCC(=O)O)c2noc(-c3cc(CC(C)C)no3)c2C2CC2)c(Cl)c1. The van der Waals surface area contributed by atoms with E-state index in [2.05, 4.69) is 24.2 Å². The molecular weight excluding hydrogens is 468 g/mol. The van der Waals surface area contributed by atoms with Gasteiger partial charge in [0.2, 0.25) is 11.5 Å². The molecule has 1 aromatic carbocycles. The number of benzene rings is 1. The molecule has 1 fully saturated rings. The van der Waals surface area contributed by atoms with Gasteiger partial charge in [0.15, 0.2) is 0 Å². The molecule has 1 N–H and O–H groups in total. The number of carboxylic acid groups (broad SMARTS) is 1. The first-order valence-corrected chi connectivity index (χ1v) is 12.5. The summed E-state index contributed by atoms with van der Waals surface area (Å²) in [7, 11) is 0. The van der Waals surface area contributed by atoms with E-state index in [4.69, 9.17) is 20.6 Å². The number of aryl methyl sites for hydroxylation is 1. The van der Waals surface area contributed by atoms with Crippen molar-refractivity contribution in [2.45, 2.75) is 77.6 Å². The van der Waals surface area contributed by atoms with Crippen molar-refractivity contribution in [1.82, 2.24) is 10.3 Å². The molecule has 3 aromatic rings. The minimum Gasteiger partial charge on any atom is -0.481 e. The zero-order valence-corrected chi connectivity index (χ0v) is 21.1. The molecule has 2 heterocycles. The first kappa shape index (κ1) is 25.2. The highest BCUT2D eigenvalue weighted by atomic mass is 35.5. The average molecular weight is 499 g/mol. The quantitative estimate of drug-likeness (QED) is 0.303. The zero-order chi connectivity index (χ0) is 25.1. The Morgan fingerprint density at radius 3 is 2.60 bits per heavy atom. The molecule has 0 radical (unpaired) electrons. The first-order chi connectivity index (χ1) is 16.7. The molecule has 1 aliphatic carbocycles. The van der Waals surface area contributed by atoms with Crippen molar-refractivity contribution in [2.24, 2.45) is 5.92 Å². The second-order valence-electron chi connectivity index (χ2n) is 10.0. The van der Waals surface area contributed by atoms with Crippen LogP contribution in [0.2, 0.25) is 5.02 Å². The van der Waals surface area contributed by atoms with Gasteiger partial charge in [0.1, 0.15) is 5.78 Å². The standard InChI is InChI=1S/C27H31ClN2O5/c1-15(2)10-20-14-23(34-29-20)27-25(17-6-7-17)26(30-35-27)19(8-9-24(32)33)13-21(31)12-18-5-4-16(3)11-22(18)28/h4-5,11,14-15,17,19H,6-10,12-13H2,1-3H3,(H,32,33)/t19-/m1/s1. The molecule has 186 valence electrons. The van der Waals surface area contributed by atoms with E-state index in [1.807, 2.05) is 31.2 Å². The highest BCUT2D eigenvalue weighted by Gasteiger charge is 2.37. The first-order valence-electron chi connectivity index (χ1n) is 12.1. The molecule has 0 saturated heterocycles. The van der Waals surface area contributed by atoms with E-state index in [0.29, 0.717) is 34.6 Å². The van der Waals surface area contributed by atoms with Gasteiger partial charge in [-0.15, -0.1) is 0 Å². The number of aliphatic carboxylic acids is 1. The monoisotopic (exact) mass is 498 g/mol. The van der Waals surface area contributed by atoms with Crippen LogP contribution < -0.4 is 0 Å².